The quantitative estimate of drug-likeness (QED) is 0.664. The molecule has 24 heavy (non-hydrogen) atoms. The van der Waals surface area contributed by atoms with Gasteiger partial charge >= 0.3 is 0 Å². The van der Waals surface area contributed by atoms with Crippen molar-refractivity contribution in [2.24, 2.45) is 0 Å². The molecule has 2 aromatic carbocycles. The van der Waals surface area contributed by atoms with Crippen molar-refractivity contribution in [2.45, 2.75) is 6.92 Å². The molecule has 0 bridgehead atoms. The van der Waals surface area contributed by atoms with Crippen LogP contribution in [0.4, 0.5) is 5.69 Å². The number of carbonyl (C=O) groups excluding carboxylic acids is 2. The number of anilines is 1. The summed E-state index contributed by atoms with van der Waals surface area (Å²) >= 11 is 15.4. The second kappa shape index (κ2) is 6.75. The van der Waals surface area contributed by atoms with Crippen LogP contribution in [-0.4, -0.2) is 24.8 Å². The minimum absolute atomic E-state index is 0.179. The van der Waals surface area contributed by atoms with E-state index >= 15 is 0 Å². The van der Waals surface area contributed by atoms with Gasteiger partial charge in [0.15, 0.2) is 0 Å². The van der Waals surface area contributed by atoms with E-state index in [0.717, 1.165) is 5.56 Å². The molecule has 0 saturated heterocycles. The van der Waals surface area contributed by atoms with Crippen molar-refractivity contribution in [3.8, 4) is 5.75 Å². The van der Waals surface area contributed by atoms with Crippen LogP contribution in [0.25, 0.3) is 0 Å². The molecule has 1 aliphatic rings. The Bertz CT molecular complexity index is 854. The average Bonchev–Trinajstić information content (AvgIpc) is 2.76. The lowest BCUT2D eigenvalue weighted by Crippen LogP contribution is -2.33. The number of ketones is 1. The predicted octanol–water partition coefficient (Wildman–Crippen LogP) is 4.67. The maximum atomic E-state index is 12.2. The lowest BCUT2D eigenvalue weighted by atomic mass is 10.1. The number of hydrogen-bond donors (Lipinski definition) is 0. The number of halogens is 3. The number of rotatable bonds is 4. The first kappa shape index (κ1) is 17.3. The van der Waals surface area contributed by atoms with Crippen LogP contribution in [0.5, 0.6) is 5.75 Å². The molecule has 7 heteroatoms. The topological polar surface area (TPSA) is 46.6 Å². The van der Waals surface area contributed by atoms with Crippen LogP contribution < -0.4 is 9.64 Å². The number of benzene rings is 2. The molecule has 0 aromatic heterocycles. The van der Waals surface area contributed by atoms with Gasteiger partial charge in [0.25, 0.3) is 11.7 Å². The normalized spacial score (nSPS) is 13.4. The molecule has 0 spiro atoms. The van der Waals surface area contributed by atoms with Crippen molar-refractivity contribution < 1.29 is 14.3 Å². The Morgan fingerprint density at radius 2 is 1.92 bits per heavy atom. The van der Waals surface area contributed by atoms with E-state index in [9.17, 15) is 9.59 Å². The summed E-state index contributed by atoms with van der Waals surface area (Å²) in [7, 11) is 0. The standard InChI is InChI=1S/C17H12BrCl2NO3/c1-9-6-11-15(12(18)7-9)21(17(23)16(11)22)4-5-24-14-8-10(19)2-3-13(14)20/h2-3,6-8H,4-5H2,1H3. The largest absolute Gasteiger partial charge is 0.490 e. The van der Waals surface area contributed by atoms with Crippen LogP contribution >= 0.6 is 39.1 Å². The van der Waals surface area contributed by atoms with E-state index < -0.39 is 11.7 Å². The van der Waals surface area contributed by atoms with E-state index in [4.69, 9.17) is 27.9 Å². The minimum atomic E-state index is -0.558. The number of aryl methyl sites for hydroxylation is 1. The zero-order chi connectivity index (χ0) is 17.4. The molecule has 2 aromatic rings. The van der Waals surface area contributed by atoms with Crippen LogP contribution in [0.1, 0.15) is 15.9 Å². The van der Waals surface area contributed by atoms with Gasteiger partial charge in [0.05, 0.1) is 22.8 Å². The number of hydrogen-bond acceptors (Lipinski definition) is 3. The summed E-state index contributed by atoms with van der Waals surface area (Å²) < 4.78 is 6.31. The van der Waals surface area contributed by atoms with E-state index in [1.54, 1.807) is 24.3 Å². The molecule has 3 rings (SSSR count). The van der Waals surface area contributed by atoms with Crippen molar-refractivity contribution in [1.29, 1.82) is 0 Å². The van der Waals surface area contributed by atoms with Crippen LogP contribution in [0.2, 0.25) is 10.0 Å². The van der Waals surface area contributed by atoms with Crippen molar-refractivity contribution >= 4 is 56.5 Å². The van der Waals surface area contributed by atoms with E-state index in [1.165, 1.54) is 4.90 Å². The fourth-order valence-corrected chi connectivity index (χ4v) is 3.69. The van der Waals surface area contributed by atoms with Crippen molar-refractivity contribution in [2.75, 3.05) is 18.1 Å². The number of Topliss-reactive ketones (excluding diaryl/α,β-unsaturated/α-hetero) is 1. The number of nitrogens with zero attached hydrogens (tertiary/aromatic N) is 1. The highest BCUT2D eigenvalue weighted by Crippen LogP contribution is 2.37. The van der Waals surface area contributed by atoms with E-state index in [0.29, 0.717) is 31.5 Å². The van der Waals surface area contributed by atoms with E-state index in [2.05, 4.69) is 15.9 Å². The Kier molecular flexibility index (Phi) is 4.85. The third-order valence-corrected chi connectivity index (χ3v) is 4.78. The molecule has 1 aliphatic heterocycles. The highest BCUT2D eigenvalue weighted by molar-refractivity contribution is 9.10. The summed E-state index contributed by atoms with van der Waals surface area (Å²) in [5, 5.41) is 0.936. The summed E-state index contributed by atoms with van der Waals surface area (Å²) in [5.74, 6) is -0.627. The van der Waals surface area contributed by atoms with Crippen LogP contribution in [0.15, 0.2) is 34.8 Å². The molecule has 124 valence electrons. The van der Waals surface area contributed by atoms with Gasteiger partial charge in [-0.25, -0.2) is 0 Å². The van der Waals surface area contributed by atoms with Crippen molar-refractivity contribution in [3.63, 3.8) is 0 Å². The van der Waals surface area contributed by atoms with E-state index in [-0.39, 0.29) is 13.2 Å². The fourth-order valence-electron chi connectivity index (χ4n) is 2.57. The van der Waals surface area contributed by atoms with Gasteiger partial charge in [0.2, 0.25) is 0 Å². The van der Waals surface area contributed by atoms with E-state index in [1.807, 2.05) is 13.0 Å². The summed E-state index contributed by atoms with van der Waals surface area (Å²) in [6.45, 7) is 2.27. The molecule has 1 heterocycles. The molecule has 0 saturated carbocycles. The summed E-state index contributed by atoms with van der Waals surface area (Å²) in [6.07, 6.45) is 0. The highest BCUT2D eigenvalue weighted by atomic mass is 79.9. The lowest BCUT2D eigenvalue weighted by molar-refractivity contribution is -0.114. The molecule has 4 nitrogen and oxygen atoms in total. The number of ether oxygens (including phenoxy) is 1. The first-order chi connectivity index (χ1) is 11.4. The average molecular weight is 429 g/mol. The number of amides is 1. The molecule has 0 unspecified atom stereocenters. The summed E-state index contributed by atoms with van der Waals surface area (Å²) in [6, 6.07) is 8.49. The molecule has 0 radical (unpaired) electrons. The molecule has 0 aliphatic carbocycles. The van der Waals surface area contributed by atoms with Gasteiger partial charge in [-0.05, 0) is 52.7 Å². The monoisotopic (exact) mass is 427 g/mol. The summed E-state index contributed by atoms with van der Waals surface area (Å²) in [5.41, 5.74) is 1.90. The molecular formula is C17H12BrCl2NO3. The molecule has 0 N–H and O–H groups in total. The Morgan fingerprint density at radius 3 is 2.67 bits per heavy atom. The van der Waals surface area contributed by atoms with Crippen LogP contribution in [0, 0.1) is 6.92 Å². The smallest absolute Gasteiger partial charge is 0.299 e. The van der Waals surface area contributed by atoms with Crippen molar-refractivity contribution in [1.82, 2.24) is 0 Å². The number of fused-ring (bicyclic) bond motifs is 1. The van der Waals surface area contributed by atoms with Gasteiger partial charge in [-0.1, -0.05) is 23.2 Å². The SMILES string of the molecule is Cc1cc(Br)c2c(c1)C(=O)C(=O)N2CCOc1cc(Cl)ccc1Cl. The van der Waals surface area contributed by atoms with Gasteiger partial charge < -0.3 is 9.64 Å². The molecular weight excluding hydrogens is 417 g/mol. The van der Waals surface area contributed by atoms with Crippen molar-refractivity contribution in [3.05, 3.63) is 56.0 Å². The third-order valence-electron chi connectivity index (χ3n) is 3.63. The first-order valence-corrected chi connectivity index (χ1v) is 8.67. The zero-order valence-corrected chi connectivity index (χ0v) is 15.7. The Balaban J connectivity index is 1.78. The van der Waals surface area contributed by atoms with Gasteiger partial charge in [-0.2, -0.15) is 0 Å². The highest BCUT2D eigenvalue weighted by Gasteiger charge is 2.37. The lowest BCUT2D eigenvalue weighted by Gasteiger charge is -2.18. The van der Waals surface area contributed by atoms with Crippen LogP contribution in [0.3, 0.4) is 0 Å². The minimum Gasteiger partial charge on any atom is -0.490 e. The Morgan fingerprint density at radius 1 is 1.17 bits per heavy atom. The van der Waals surface area contributed by atoms with Gasteiger partial charge in [0.1, 0.15) is 12.4 Å². The van der Waals surface area contributed by atoms with Gasteiger partial charge in [-0.15, -0.1) is 0 Å². The second-order valence-corrected chi connectivity index (χ2v) is 7.05. The van der Waals surface area contributed by atoms with Crippen LogP contribution in [-0.2, 0) is 4.79 Å². The summed E-state index contributed by atoms with van der Waals surface area (Å²) in [4.78, 5) is 25.8. The third kappa shape index (κ3) is 3.16. The number of carbonyl (C=O) groups is 2. The fraction of sp³-hybridized carbons (Fsp3) is 0.176. The van der Waals surface area contributed by atoms with Gasteiger partial charge in [0, 0.05) is 15.6 Å². The maximum absolute atomic E-state index is 12.2. The molecule has 0 fully saturated rings. The second-order valence-electron chi connectivity index (χ2n) is 5.35. The Hall–Kier alpha value is -1.56. The molecule has 1 amide bonds. The molecule has 0 atom stereocenters. The zero-order valence-electron chi connectivity index (χ0n) is 12.6. The van der Waals surface area contributed by atoms with Gasteiger partial charge in [-0.3, -0.25) is 9.59 Å². The predicted molar refractivity (Wildman–Crippen MR) is 97.5 cm³/mol. The maximum Gasteiger partial charge on any atom is 0.299 e. The Labute approximate surface area is 157 Å². The first-order valence-electron chi connectivity index (χ1n) is 7.12.